The van der Waals surface area contributed by atoms with Gasteiger partial charge in [-0.25, -0.2) is 0 Å². The van der Waals surface area contributed by atoms with Crippen LogP contribution in [0.5, 0.6) is 11.5 Å². The molecular formula is C20H14O2S. The Hall–Kier alpha value is -2.65. The van der Waals surface area contributed by atoms with Gasteiger partial charge >= 0.3 is 0 Å². The Bertz CT molecular complexity index is 941. The van der Waals surface area contributed by atoms with Gasteiger partial charge in [-0.1, -0.05) is 72.4 Å². The molecule has 2 N–H and O–H groups in total. The zero-order chi connectivity index (χ0) is 15.8. The van der Waals surface area contributed by atoms with Gasteiger partial charge in [0.15, 0.2) is 0 Å². The molecule has 4 aromatic rings. The van der Waals surface area contributed by atoms with Crippen molar-refractivity contribution in [1.29, 1.82) is 0 Å². The van der Waals surface area contributed by atoms with E-state index in [0.29, 0.717) is 0 Å². The predicted octanol–water partition coefficient (Wildman–Crippen LogP) is 5.56. The zero-order valence-corrected chi connectivity index (χ0v) is 13.0. The molecule has 0 fully saturated rings. The van der Waals surface area contributed by atoms with Gasteiger partial charge in [-0.2, -0.15) is 0 Å². The number of benzene rings is 4. The topological polar surface area (TPSA) is 40.5 Å². The van der Waals surface area contributed by atoms with Crippen LogP contribution in [0.4, 0.5) is 0 Å². The molecule has 2 nitrogen and oxygen atoms in total. The Balaban J connectivity index is 1.95. The molecule has 0 heterocycles. The molecule has 0 unspecified atom stereocenters. The van der Waals surface area contributed by atoms with Gasteiger partial charge in [0.1, 0.15) is 11.5 Å². The Kier molecular flexibility index (Phi) is 3.36. The molecule has 0 saturated heterocycles. The molecule has 4 aromatic carbocycles. The Labute approximate surface area is 138 Å². The summed E-state index contributed by atoms with van der Waals surface area (Å²) in [5, 5.41) is 24.7. The lowest BCUT2D eigenvalue weighted by molar-refractivity contribution is 0.462. The van der Waals surface area contributed by atoms with Crippen molar-refractivity contribution in [2.45, 2.75) is 9.79 Å². The largest absolute Gasteiger partial charge is 0.507 e. The van der Waals surface area contributed by atoms with Crippen molar-refractivity contribution in [1.82, 2.24) is 0 Å². The fraction of sp³-hybridized carbons (Fsp3) is 0. The van der Waals surface area contributed by atoms with E-state index in [2.05, 4.69) is 0 Å². The first-order valence-electron chi connectivity index (χ1n) is 7.33. The molecule has 0 aliphatic carbocycles. The molecule has 0 aliphatic rings. The van der Waals surface area contributed by atoms with E-state index in [9.17, 15) is 10.2 Å². The summed E-state index contributed by atoms with van der Waals surface area (Å²) in [6, 6.07) is 23.1. The highest BCUT2D eigenvalue weighted by molar-refractivity contribution is 8.00. The SMILES string of the molecule is Oc1ccc2ccccc2c1Sc1c(O)ccc2ccccc12. The van der Waals surface area contributed by atoms with E-state index in [0.717, 1.165) is 31.3 Å². The Morgan fingerprint density at radius 1 is 0.522 bits per heavy atom. The standard InChI is InChI=1S/C20H14O2S/c21-17-11-9-13-5-1-3-7-15(13)19(17)23-20-16-8-4-2-6-14(16)10-12-18(20)22/h1-12,21-22H. The third-order valence-electron chi connectivity index (χ3n) is 3.92. The molecule has 0 amide bonds. The van der Waals surface area contributed by atoms with Gasteiger partial charge in [-0.15, -0.1) is 0 Å². The molecular weight excluding hydrogens is 304 g/mol. The molecule has 0 aliphatic heterocycles. The van der Waals surface area contributed by atoms with E-state index in [1.54, 1.807) is 12.1 Å². The molecule has 112 valence electrons. The summed E-state index contributed by atoms with van der Waals surface area (Å²) in [6.45, 7) is 0. The molecule has 0 saturated carbocycles. The van der Waals surface area contributed by atoms with Crippen molar-refractivity contribution in [3.63, 3.8) is 0 Å². The summed E-state index contributed by atoms with van der Waals surface area (Å²) in [7, 11) is 0. The van der Waals surface area contributed by atoms with Crippen molar-refractivity contribution in [2.24, 2.45) is 0 Å². The number of fused-ring (bicyclic) bond motifs is 2. The smallest absolute Gasteiger partial charge is 0.130 e. The van der Waals surface area contributed by atoms with Crippen LogP contribution in [0, 0.1) is 0 Å². The number of phenolic OH excluding ortho intramolecular Hbond substituents is 2. The van der Waals surface area contributed by atoms with E-state index in [1.807, 2.05) is 60.7 Å². The zero-order valence-electron chi connectivity index (χ0n) is 12.2. The van der Waals surface area contributed by atoms with Crippen LogP contribution in [0.25, 0.3) is 21.5 Å². The monoisotopic (exact) mass is 318 g/mol. The molecule has 4 rings (SSSR count). The number of phenols is 2. The summed E-state index contributed by atoms with van der Waals surface area (Å²) < 4.78 is 0. The van der Waals surface area contributed by atoms with E-state index < -0.39 is 0 Å². The molecule has 0 atom stereocenters. The molecule has 0 bridgehead atoms. The molecule has 23 heavy (non-hydrogen) atoms. The van der Waals surface area contributed by atoms with Crippen LogP contribution in [0.2, 0.25) is 0 Å². The fourth-order valence-corrected chi connectivity index (χ4v) is 3.92. The maximum Gasteiger partial charge on any atom is 0.130 e. The number of hydrogen-bond donors (Lipinski definition) is 2. The van der Waals surface area contributed by atoms with Gasteiger partial charge in [0.05, 0.1) is 9.79 Å². The lowest BCUT2D eigenvalue weighted by Gasteiger charge is -2.12. The minimum atomic E-state index is 0.223. The second-order valence-corrected chi connectivity index (χ2v) is 6.39. The highest BCUT2D eigenvalue weighted by Crippen LogP contribution is 2.45. The Morgan fingerprint density at radius 3 is 1.43 bits per heavy atom. The third kappa shape index (κ3) is 2.39. The average Bonchev–Trinajstić information content (AvgIpc) is 2.59. The highest BCUT2D eigenvalue weighted by Gasteiger charge is 2.13. The lowest BCUT2D eigenvalue weighted by atomic mass is 10.1. The van der Waals surface area contributed by atoms with Crippen molar-refractivity contribution in [3.05, 3.63) is 72.8 Å². The van der Waals surface area contributed by atoms with Crippen molar-refractivity contribution in [3.8, 4) is 11.5 Å². The first-order chi connectivity index (χ1) is 11.2. The lowest BCUT2D eigenvalue weighted by Crippen LogP contribution is -1.83. The van der Waals surface area contributed by atoms with E-state index >= 15 is 0 Å². The van der Waals surface area contributed by atoms with Gasteiger partial charge in [-0.05, 0) is 33.7 Å². The Morgan fingerprint density at radius 2 is 0.957 bits per heavy atom. The predicted molar refractivity (Wildman–Crippen MR) is 95.3 cm³/mol. The number of rotatable bonds is 2. The summed E-state index contributed by atoms with van der Waals surface area (Å²) in [5.41, 5.74) is 0. The van der Waals surface area contributed by atoms with Crippen LogP contribution >= 0.6 is 11.8 Å². The molecule has 0 aromatic heterocycles. The van der Waals surface area contributed by atoms with Gasteiger partial charge in [0.2, 0.25) is 0 Å². The molecule has 3 heteroatoms. The average molecular weight is 318 g/mol. The van der Waals surface area contributed by atoms with Crippen LogP contribution < -0.4 is 0 Å². The van der Waals surface area contributed by atoms with E-state index in [4.69, 9.17) is 0 Å². The van der Waals surface area contributed by atoms with E-state index in [-0.39, 0.29) is 11.5 Å². The first-order valence-corrected chi connectivity index (χ1v) is 8.15. The molecule has 0 spiro atoms. The van der Waals surface area contributed by atoms with Crippen molar-refractivity contribution >= 4 is 33.3 Å². The molecule has 0 radical (unpaired) electrons. The summed E-state index contributed by atoms with van der Waals surface area (Å²) in [5.74, 6) is 0.446. The first kappa shape index (κ1) is 14.0. The normalized spacial score (nSPS) is 11.1. The second kappa shape index (κ2) is 5.52. The maximum atomic E-state index is 10.3. The maximum absolute atomic E-state index is 10.3. The van der Waals surface area contributed by atoms with Crippen molar-refractivity contribution in [2.75, 3.05) is 0 Å². The van der Waals surface area contributed by atoms with Crippen LogP contribution in [0.3, 0.4) is 0 Å². The van der Waals surface area contributed by atoms with Crippen molar-refractivity contribution < 1.29 is 10.2 Å². The van der Waals surface area contributed by atoms with E-state index in [1.165, 1.54) is 11.8 Å². The second-order valence-electron chi connectivity index (χ2n) is 5.37. The van der Waals surface area contributed by atoms with Gasteiger partial charge in [-0.3, -0.25) is 0 Å². The van der Waals surface area contributed by atoms with Crippen LogP contribution in [0.1, 0.15) is 0 Å². The van der Waals surface area contributed by atoms with Crippen LogP contribution in [-0.2, 0) is 0 Å². The van der Waals surface area contributed by atoms with Gasteiger partial charge in [0, 0.05) is 0 Å². The number of aromatic hydroxyl groups is 2. The fourth-order valence-electron chi connectivity index (χ4n) is 2.78. The summed E-state index contributed by atoms with van der Waals surface area (Å²) >= 11 is 1.40. The summed E-state index contributed by atoms with van der Waals surface area (Å²) in [4.78, 5) is 1.52. The third-order valence-corrected chi connectivity index (χ3v) is 5.19. The number of hydrogen-bond acceptors (Lipinski definition) is 3. The van der Waals surface area contributed by atoms with Crippen LogP contribution in [-0.4, -0.2) is 10.2 Å². The van der Waals surface area contributed by atoms with Crippen LogP contribution in [0.15, 0.2) is 82.6 Å². The quantitative estimate of drug-likeness (QED) is 0.508. The van der Waals surface area contributed by atoms with Gasteiger partial charge in [0.25, 0.3) is 0 Å². The minimum absolute atomic E-state index is 0.223. The summed E-state index contributed by atoms with van der Waals surface area (Å²) in [6.07, 6.45) is 0. The highest BCUT2D eigenvalue weighted by atomic mass is 32.2. The van der Waals surface area contributed by atoms with Gasteiger partial charge < -0.3 is 10.2 Å². The minimum Gasteiger partial charge on any atom is -0.507 e.